The molecule has 1 N–H and O–H groups in total. The quantitative estimate of drug-likeness (QED) is 0.874. The summed E-state index contributed by atoms with van der Waals surface area (Å²) in [6, 6.07) is 13.5. The molecule has 104 valence electrons. The number of carbonyl (C=O) groups is 1. The minimum absolute atomic E-state index is 0.263. The van der Waals surface area contributed by atoms with E-state index in [4.69, 9.17) is 4.74 Å². The molecule has 0 aliphatic carbocycles. The number of aryl methyl sites for hydroxylation is 1. The highest BCUT2D eigenvalue weighted by Gasteiger charge is 2.08. The topological polar surface area (TPSA) is 38.3 Å². The van der Waals surface area contributed by atoms with Gasteiger partial charge in [0.2, 0.25) is 0 Å². The minimum atomic E-state index is -0.450. The van der Waals surface area contributed by atoms with E-state index in [0.717, 1.165) is 26.9 Å². The first-order chi connectivity index (χ1) is 9.56. The molecule has 2 aromatic rings. The van der Waals surface area contributed by atoms with Crippen LogP contribution in [0.15, 0.2) is 46.9 Å². The highest BCUT2D eigenvalue weighted by Crippen LogP contribution is 2.26. The van der Waals surface area contributed by atoms with Crippen LogP contribution in [0.4, 0.5) is 10.5 Å². The molecule has 0 saturated heterocycles. The second-order valence-electron chi connectivity index (χ2n) is 4.61. The number of ether oxygens (including phenoxy) is 1. The van der Waals surface area contributed by atoms with Crippen LogP contribution < -0.4 is 5.32 Å². The van der Waals surface area contributed by atoms with Crippen molar-refractivity contribution in [2.75, 3.05) is 5.32 Å². The molecule has 20 heavy (non-hydrogen) atoms. The van der Waals surface area contributed by atoms with E-state index in [1.807, 2.05) is 56.3 Å². The monoisotopic (exact) mass is 333 g/mol. The van der Waals surface area contributed by atoms with Crippen LogP contribution in [-0.4, -0.2) is 6.09 Å². The second kappa shape index (κ2) is 6.57. The van der Waals surface area contributed by atoms with Gasteiger partial charge < -0.3 is 4.74 Å². The summed E-state index contributed by atoms with van der Waals surface area (Å²) >= 11 is 3.47. The first-order valence-corrected chi connectivity index (χ1v) is 7.10. The molecule has 0 heterocycles. The summed E-state index contributed by atoms with van der Waals surface area (Å²) in [7, 11) is 0. The fourth-order valence-corrected chi connectivity index (χ4v) is 2.39. The van der Waals surface area contributed by atoms with Gasteiger partial charge >= 0.3 is 6.09 Å². The van der Waals surface area contributed by atoms with Crippen molar-refractivity contribution in [3.8, 4) is 0 Å². The maximum Gasteiger partial charge on any atom is 0.411 e. The first kappa shape index (κ1) is 14.6. The molecule has 0 fully saturated rings. The lowest BCUT2D eigenvalue weighted by Crippen LogP contribution is -2.14. The van der Waals surface area contributed by atoms with Crippen molar-refractivity contribution >= 4 is 27.7 Å². The Labute approximate surface area is 127 Å². The average molecular weight is 334 g/mol. The van der Waals surface area contributed by atoms with Crippen molar-refractivity contribution < 1.29 is 9.53 Å². The van der Waals surface area contributed by atoms with E-state index in [9.17, 15) is 4.79 Å². The lowest BCUT2D eigenvalue weighted by Gasteiger charge is -2.11. The Bertz CT molecular complexity index is 611. The lowest BCUT2D eigenvalue weighted by atomic mass is 10.1. The minimum Gasteiger partial charge on any atom is -0.444 e. The van der Waals surface area contributed by atoms with Crippen LogP contribution in [-0.2, 0) is 11.3 Å². The highest BCUT2D eigenvalue weighted by atomic mass is 79.9. The van der Waals surface area contributed by atoms with Crippen molar-refractivity contribution in [3.63, 3.8) is 0 Å². The molecule has 0 aromatic heterocycles. The molecule has 2 rings (SSSR count). The Hall–Kier alpha value is -1.81. The Morgan fingerprint density at radius 3 is 2.60 bits per heavy atom. The van der Waals surface area contributed by atoms with Gasteiger partial charge in [0.05, 0.1) is 0 Å². The molecule has 1 amide bonds. The van der Waals surface area contributed by atoms with Crippen LogP contribution in [0.2, 0.25) is 0 Å². The summed E-state index contributed by atoms with van der Waals surface area (Å²) in [6.07, 6.45) is -0.450. The van der Waals surface area contributed by atoms with Crippen molar-refractivity contribution in [1.82, 2.24) is 0 Å². The second-order valence-corrected chi connectivity index (χ2v) is 5.46. The van der Waals surface area contributed by atoms with Crippen molar-refractivity contribution in [3.05, 3.63) is 63.6 Å². The fraction of sp³-hybridized carbons (Fsp3) is 0.188. The highest BCUT2D eigenvalue weighted by molar-refractivity contribution is 9.10. The van der Waals surface area contributed by atoms with Gasteiger partial charge in [-0.1, -0.05) is 46.3 Å². The summed E-state index contributed by atoms with van der Waals surface area (Å²) in [6.45, 7) is 4.18. The van der Waals surface area contributed by atoms with E-state index in [1.54, 1.807) is 0 Å². The zero-order valence-electron chi connectivity index (χ0n) is 11.4. The zero-order chi connectivity index (χ0) is 14.5. The van der Waals surface area contributed by atoms with Gasteiger partial charge in [0.25, 0.3) is 0 Å². The SMILES string of the molecule is Cc1cc(Br)c(C)c(NC(=O)OCc2ccccc2)c1. The number of anilines is 1. The molecule has 0 radical (unpaired) electrons. The molecule has 4 heteroatoms. The predicted octanol–water partition coefficient (Wildman–Crippen LogP) is 4.81. The molecular weight excluding hydrogens is 318 g/mol. The Balaban J connectivity index is 1.98. The number of halogens is 1. The Kier molecular flexibility index (Phi) is 4.79. The van der Waals surface area contributed by atoms with Gasteiger partial charge in [0.15, 0.2) is 0 Å². The van der Waals surface area contributed by atoms with Gasteiger partial charge in [-0.3, -0.25) is 5.32 Å². The third-order valence-corrected chi connectivity index (χ3v) is 3.76. The van der Waals surface area contributed by atoms with E-state index >= 15 is 0 Å². The summed E-state index contributed by atoms with van der Waals surface area (Å²) in [4.78, 5) is 11.8. The molecule has 0 aliphatic rings. The summed E-state index contributed by atoms with van der Waals surface area (Å²) < 4.78 is 6.17. The van der Waals surface area contributed by atoms with Crippen LogP contribution in [0, 0.1) is 13.8 Å². The number of amides is 1. The number of carbonyl (C=O) groups excluding carboxylic acids is 1. The van der Waals surface area contributed by atoms with Crippen molar-refractivity contribution in [2.24, 2.45) is 0 Å². The van der Waals surface area contributed by atoms with Crippen LogP contribution in [0.25, 0.3) is 0 Å². The van der Waals surface area contributed by atoms with Gasteiger partial charge in [-0.15, -0.1) is 0 Å². The molecular formula is C16H16BrNO2. The normalized spacial score (nSPS) is 10.2. The fourth-order valence-electron chi connectivity index (χ4n) is 1.81. The number of rotatable bonds is 3. The van der Waals surface area contributed by atoms with Crippen LogP contribution >= 0.6 is 15.9 Å². The van der Waals surface area contributed by atoms with Gasteiger partial charge in [-0.05, 0) is 42.7 Å². The number of hydrogen-bond donors (Lipinski definition) is 1. The first-order valence-electron chi connectivity index (χ1n) is 6.30. The van der Waals surface area contributed by atoms with E-state index < -0.39 is 6.09 Å². The molecule has 0 atom stereocenters. The smallest absolute Gasteiger partial charge is 0.411 e. The number of nitrogens with one attached hydrogen (secondary N) is 1. The summed E-state index contributed by atoms with van der Waals surface area (Å²) in [5.41, 5.74) is 3.77. The Morgan fingerprint density at radius 1 is 1.20 bits per heavy atom. The lowest BCUT2D eigenvalue weighted by molar-refractivity contribution is 0.155. The van der Waals surface area contributed by atoms with Crippen molar-refractivity contribution in [1.29, 1.82) is 0 Å². The van der Waals surface area contributed by atoms with E-state index in [1.165, 1.54) is 0 Å². The molecule has 0 spiro atoms. The third kappa shape index (κ3) is 3.84. The largest absolute Gasteiger partial charge is 0.444 e. The number of benzene rings is 2. The molecule has 2 aromatic carbocycles. The van der Waals surface area contributed by atoms with Gasteiger partial charge in [0, 0.05) is 10.2 Å². The van der Waals surface area contributed by atoms with Crippen molar-refractivity contribution in [2.45, 2.75) is 20.5 Å². The Morgan fingerprint density at radius 2 is 1.90 bits per heavy atom. The maximum atomic E-state index is 11.8. The van der Waals surface area contributed by atoms with Crippen LogP contribution in [0.5, 0.6) is 0 Å². The molecule has 3 nitrogen and oxygen atoms in total. The summed E-state index contributed by atoms with van der Waals surface area (Å²) in [5.74, 6) is 0. The van der Waals surface area contributed by atoms with Gasteiger partial charge in [0.1, 0.15) is 6.61 Å². The molecule has 0 saturated carbocycles. The van der Waals surface area contributed by atoms with E-state index in [0.29, 0.717) is 0 Å². The molecule has 0 bridgehead atoms. The molecule has 0 aliphatic heterocycles. The van der Waals surface area contributed by atoms with Crippen LogP contribution in [0.3, 0.4) is 0 Å². The van der Waals surface area contributed by atoms with Gasteiger partial charge in [-0.25, -0.2) is 4.79 Å². The summed E-state index contributed by atoms with van der Waals surface area (Å²) in [5, 5.41) is 2.77. The van der Waals surface area contributed by atoms with E-state index in [-0.39, 0.29) is 6.61 Å². The van der Waals surface area contributed by atoms with Crippen LogP contribution in [0.1, 0.15) is 16.7 Å². The zero-order valence-corrected chi connectivity index (χ0v) is 13.0. The maximum absolute atomic E-state index is 11.8. The standard InChI is InChI=1S/C16H16BrNO2/c1-11-8-14(17)12(2)15(9-11)18-16(19)20-10-13-6-4-3-5-7-13/h3-9H,10H2,1-2H3,(H,18,19). The van der Waals surface area contributed by atoms with E-state index in [2.05, 4.69) is 21.2 Å². The predicted molar refractivity (Wildman–Crippen MR) is 83.9 cm³/mol. The average Bonchev–Trinajstić information content (AvgIpc) is 2.43. The van der Waals surface area contributed by atoms with Gasteiger partial charge in [-0.2, -0.15) is 0 Å². The number of hydrogen-bond acceptors (Lipinski definition) is 2. The molecule has 0 unspecified atom stereocenters. The third-order valence-electron chi connectivity index (χ3n) is 2.94.